The summed E-state index contributed by atoms with van der Waals surface area (Å²) in [6.45, 7) is 2.22. The Labute approximate surface area is 185 Å². The van der Waals surface area contributed by atoms with Gasteiger partial charge in [0.05, 0.1) is 29.3 Å². The second-order valence-corrected chi connectivity index (χ2v) is 7.99. The van der Waals surface area contributed by atoms with Crippen LogP contribution in [-0.4, -0.2) is 42.8 Å². The average molecular weight is 436 g/mol. The molecule has 1 aliphatic rings. The van der Waals surface area contributed by atoms with Crippen LogP contribution in [0.3, 0.4) is 0 Å². The zero-order chi connectivity index (χ0) is 22.6. The number of aliphatic hydroxyl groups is 1. The number of aromatic nitrogens is 4. The Bertz CT molecular complexity index is 1070. The SMILES string of the molecule is N#CCC1(n2cc(C(N)O)c(Nc3ccc(F)cc3)n2)CCN(Cc2cnccn2)CC1. The molecule has 0 radical (unpaired) electrons. The number of rotatable bonds is 7. The zero-order valence-electron chi connectivity index (χ0n) is 17.5. The molecule has 1 unspecified atom stereocenters. The number of anilines is 2. The van der Waals surface area contributed by atoms with Gasteiger partial charge < -0.3 is 16.2 Å². The molecule has 0 aliphatic carbocycles. The molecule has 2 aromatic heterocycles. The maximum Gasteiger partial charge on any atom is 0.159 e. The Morgan fingerprint density at radius 3 is 2.62 bits per heavy atom. The van der Waals surface area contributed by atoms with E-state index in [-0.39, 0.29) is 12.2 Å². The first-order chi connectivity index (χ1) is 15.5. The first-order valence-electron chi connectivity index (χ1n) is 10.4. The predicted octanol–water partition coefficient (Wildman–Crippen LogP) is 2.41. The minimum Gasteiger partial charge on any atom is -0.374 e. The third-order valence-electron chi connectivity index (χ3n) is 5.85. The summed E-state index contributed by atoms with van der Waals surface area (Å²) >= 11 is 0. The number of hydrogen-bond donors (Lipinski definition) is 3. The van der Waals surface area contributed by atoms with Gasteiger partial charge in [0.1, 0.15) is 12.0 Å². The van der Waals surface area contributed by atoms with Crippen molar-refractivity contribution in [1.82, 2.24) is 24.6 Å². The highest BCUT2D eigenvalue weighted by Crippen LogP contribution is 2.36. The van der Waals surface area contributed by atoms with E-state index in [1.807, 2.05) is 0 Å². The Balaban J connectivity index is 1.55. The van der Waals surface area contributed by atoms with Gasteiger partial charge in [-0.05, 0) is 37.1 Å². The molecule has 4 rings (SSSR count). The van der Waals surface area contributed by atoms with Crippen LogP contribution in [0.25, 0.3) is 0 Å². The van der Waals surface area contributed by atoms with Crippen molar-refractivity contribution in [2.24, 2.45) is 5.73 Å². The third kappa shape index (κ3) is 4.75. The summed E-state index contributed by atoms with van der Waals surface area (Å²) < 4.78 is 15.0. The van der Waals surface area contributed by atoms with Crippen molar-refractivity contribution < 1.29 is 9.50 Å². The fourth-order valence-electron chi connectivity index (χ4n) is 4.02. The lowest BCUT2D eigenvalue weighted by Gasteiger charge is -2.40. The number of piperidine rings is 1. The van der Waals surface area contributed by atoms with Gasteiger partial charge >= 0.3 is 0 Å². The van der Waals surface area contributed by atoms with E-state index in [2.05, 4.69) is 31.4 Å². The average Bonchev–Trinajstić information content (AvgIpc) is 3.22. The maximum absolute atomic E-state index is 13.2. The van der Waals surface area contributed by atoms with Crippen molar-refractivity contribution in [3.63, 3.8) is 0 Å². The number of nitrogens with one attached hydrogen (secondary N) is 1. The number of aliphatic hydroxyl groups excluding tert-OH is 1. The maximum atomic E-state index is 13.2. The van der Waals surface area contributed by atoms with E-state index < -0.39 is 11.8 Å². The highest BCUT2D eigenvalue weighted by molar-refractivity contribution is 5.59. The Morgan fingerprint density at radius 1 is 1.25 bits per heavy atom. The molecule has 0 spiro atoms. The quantitative estimate of drug-likeness (QED) is 0.482. The first kappa shape index (κ1) is 21.8. The minimum absolute atomic E-state index is 0.282. The molecule has 4 N–H and O–H groups in total. The van der Waals surface area contributed by atoms with Crippen LogP contribution in [0, 0.1) is 17.1 Å². The predicted molar refractivity (Wildman–Crippen MR) is 116 cm³/mol. The normalized spacial score (nSPS) is 16.9. The zero-order valence-corrected chi connectivity index (χ0v) is 17.5. The van der Waals surface area contributed by atoms with Crippen LogP contribution in [0.15, 0.2) is 49.1 Å². The Kier molecular flexibility index (Phi) is 6.41. The fraction of sp³-hybridized carbons (Fsp3) is 0.364. The summed E-state index contributed by atoms with van der Waals surface area (Å²) in [7, 11) is 0. The molecule has 1 fully saturated rings. The van der Waals surface area contributed by atoms with Crippen LogP contribution in [0.5, 0.6) is 0 Å². The van der Waals surface area contributed by atoms with Gasteiger partial charge in [-0.25, -0.2) is 4.39 Å². The summed E-state index contributed by atoms with van der Waals surface area (Å²) in [5.41, 5.74) is 7.19. The molecule has 9 nitrogen and oxygen atoms in total. The highest BCUT2D eigenvalue weighted by Gasteiger charge is 2.38. The summed E-state index contributed by atoms with van der Waals surface area (Å²) in [5.74, 6) is 0.0345. The van der Waals surface area contributed by atoms with Gasteiger partial charge in [0.2, 0.25) is 0 Å². The molecule has 1 saturated heterocycles. The van der Waals surface area contributed by atoms with Gasteiger partial charge in [0.15, 0.2) is 5.82 Å². The molecule has 10 heteroatoms. The van der Waals surface area contributed by atoms with Crippen LogP contribution in [0.2, 0.25) is 0 Å². The number of nitrogens with two attached hydrogens (primary N) is 1. The smallest absolute Gasteiger partial charge is 0.159 e. The van der Waals surface area contributed by atoms with Gasteiger partial charge in [-0.3, -0.25) is 19.5 Å². The van der Waals surface area contributed by atoms with E-state index in [0.29, 0.717) is 36.5 Å². The lowest BCUT2D eigenvalue weighted by atomic mass is 9.85. The van der Waals surface area contributed by atoms with Crippen molar-refractivity contribution in [1.29, 1.82) is 5.26 Å². The second-order valence-electron chi connectivity index (χ2n) is 7.99. The van der Waals surface area contributed by atoms with Crippen LogP contribution >= 0.6 is 0 Å². The lowest BCUT2D eigenvalue weighted by Crippen LogP contribution is -2.46. The summed E-state index contributed by atoms with van der Waals surface area (Å²) in [6, 6.07) is 8.13. The van der Waals surface area contributed by atoms with Gasteiger partial charge in [-0.1, -0.05) is 0 Å². The second kappa shape index (κ2) is 9.40. The standard InChI is InChI=1S/C22H25FN8O/c23-16-1-3-17(4-2-16)28-21-19(20(25)32)15-31(29-21)22(5-8-24)6-11-30(12-7-22)14-18-13-26-9-10-27-18/h1-4,9-10,13,15,20,32H,5-7,11-12,14,25H2,(H,28,29). The molecular formula is C22H25FN8O. The Hall–Kier alpha value is -3.39. The lowest BCUT2D eigenvalue weighted by molar-refractivity contribution is 0.0965. The number of benzene rings is 1. The monoisotopic (exact) mass is 436 g/mol. The van der Waals surface area contributed by atoms with Crippen LogP contribution in [-0.2, 0) is 12.1 Å². The topological polar surface area (TPSA) is 129 Å². The molecule has 1 aliphatic heterocycles. The summed E-state index contributed by atoms with van der Waals surface area (Å²) in [5, 5.41) is 27.4. The van der Waals surface area contributed by atoms with Gasteiger partial charge in [0, 0.05) is 50.1 Å². The van der Waals surface area contributed by atoms with Crippen molar-refractivity contribution in [2.45, 2.75) is 37.6 Å². The van der Waals surface area contributed by atoms with E-state index in [9.17, 15) is 14.8 Å². The van der Waals surface area contributed by atoms with Crippen molar-refractivity contribution in [3.8, 4) is 6.07 Å². The molecule has 32 heavy (non-hydrogen) atoms. The van der Waals surface area contributed by atoms with Gasteiger partial charge in [-0.2, -0.15) is 10.4 Å². The van der Waals surface area contributed by atoms with E-state index in [0.717, 1.165) is 18.8 Å². The molecule has 3 heterocycles. The highest BCUT2D eigenvalue weighted by atomic mass is 19.1. The van der Waals surface area contributed by atoms with Gasteiger partial charge in [-0.15, -0.1) is 0 Å². The molecule has 3 aromatic rings. The summed E-state index contributed by atoms with van der Waals surface area (Å²) in [6.07, 6.45) is 7.23. The number of hydrogen-bond acceptors (Lipinski definition) is 8. The van der Waals surface area contributed by atoms with Crippen LogP contribution in [0.1, 0.15) is 36.7 Å². The largest absolute Gasteiger partial charge is 0.374 e. The van der Waals surface area contributed by atoms with Crippen molar-refractivity contribution in [2.75, 3.05) is 18.4 Å². The minimum atomic E-state index is -1.25. The molecule has 0 saturated carbocycles. The fourth-order valence-corrected chi connectivity index (χ4v) is 4.02. The van der Waals surface area contributed by atoms with Crippen LogP contribution < -0.4 is 11.1 Å². The number of nitrogens with zero attached hydrogens (tertiary/aromatic N) is 6. The molecule has 0 bridgehead atoms. The Morgan fingerprint density at radius 2 is 2.00 bits per heavy atom. The van der Waals surface area contributed by atoms with Gasteiger partial charge in [0.25, 0.3) is 0 Å². The molecule has 1 aromatic carbocycles. The summed E-state index contributed by atoms with van der Waals surface area (Å²) in [4.78, 5) is 10.7. The molecule has 166 valence electrons. The first-order valence-corrected chi connectivity index (χ1v) is 10.4. The van der Waals surface area contributed by atoms with E-state index in [1.54, 1.807) is 41.6 Å². The van der Waals surface area contributed by atoms with E-state index in [1.165, 1.54) is 12.1 Å². The van der Waals surface area contributed by atoms with Crippen molar-refractivity contribution >= 4 is 11.5 Å². The molecule has 0 amide bonds. The van der Waals surface area contributed by atoms with Crippen LogP contribution in [0.4, 0.5) is 15.9 Å². The van der Waals surface area contributed by atoms with Crippen molar-refractivity contribution in [3.05, 3.63) is 66.1 Å². The number of halogens is 1. The third-order valence-corrected chi connectivity index (χ3v) is 5.85. The number of nitriles is 1. The molecule has 1 atom stereocenters. The molecular weight excluding hydrogens is 411 g/mol. The van der Waals surface area contributed by atoms with E-state index in [4.69, 9.17) is 5.73 Å². The van der Waals surface area contributed by atoms with E-state index >= 15 is 0 Å². The number of likely N-dealkylation sites (tertiary alicyclic amines) is 1.